The highest BCUT2D eigenvalue weighted by Crippen LogP contribution is 2.45. The summed E-state index contributed by atoms with van der Waals surface area (Å²) in [6, 6.07) is 25.2. The van der Waals surface area contributed by atoms with E-state index in [1.54, 1.807) is 19.1 Å². The summed E-state index contributed by atoms with van der Waals surface area (Å²) in [5.41, 5.74) is 2.48. The Labute approximate surface area is 159 Å². The molecule has 1 amide bonds. The second-order valence-electron chi connectivity index (χ2n) is 6.48. The van der Waals surface area contributed by atoms with Crippen LogP contribution >= 0.6 is 0 Å². The van der Waals surface area contributed by atoms with Gasteiger partial charge in [-0.05, 0) is 35.9 Å². The first-order valence-corrected chi connectivity index (χ1v) is 8.77. The van der Waals surface area contributed by atoms with Gasteiger partial charge in [-0.3, -0.25) is 4.79 Å². The second kappa shape index (κ2) is 6.66. The third kappa shape index (κ3) is 2.67. The van der Waals surface area contributed by atoms with Crippen molar-refractivity contribution in [2.45, 2.75) is 5.41 Å². The molecule has 1 atom stereocenters. The van der Waals surface area contributed by atoms with Gasteiger partial charge in [-0.2, -0.15) is 0 Å². The number of rotatable bonds is 2. The monoisotopic (exact) mass is 353 g/mol. The SMILES string of the molecule is COc1ccc(C2(C#Cc3ccccc3)C(=O)N(C)c3ccccc32)cc1. The molecule has 0 fully saturated rings. The van der Waals surface area contributed by atoms with E-state index in [0.717, 1.165) is 28.1 Å². The Morgan fingerprint density at radius 2 is 1.56 bits per heavy atom. The number of carbonyl (C=O) groups excluding carboxylic acids is 1. The van der Waals surface area contributed by atoms with Gasteiger partial charge in [0.15, 0.2) is 5.41 Å². The topological polar surface area (TPSA) is 29.5 Å². The van der Waals surface area contributed by atoms with E-state index in [1.165, 1.54) is 0 Å². The average Bonchev–Trinajstić information content (AvgIpc) is 2.96. The van der Waals surface area contributed by atoms with Crippen LogP contribution in [0.15, 0.2) is 78.9 Å². The molecule has 0 radical (unpaired) electrons. The molecule has 0 aliphatic carbocycles. The van der Waals surface area contributed by atoms with Gasteiger partial charge in [-0.15, -0.1) is 0 Å². The molecule has 132 valence electrons. The molecule has 0 saturated heterocycles. The van der Waals surface area contributed by atoms with E-state index in [2.05, 4.69) is 11.8 Å². The number of methoxy groups -OCH3 is 1. The number of ether oxygens (including phenoxy) is 1. The zero-order valence-electron chi connectivity index (χ0n) is 15.3. The van der Waals surface area contributed by atoms with Crippen molar-refractivity contribution >= 4 is 11.6 Å². The van der Waals surface area contributed by atoms with Gasteiger partial charge in [0.2, 0.25) is 0 Å². The third-order valence-electron chi connectivity index (χ3n) is 4.99. The molecule has 0 aromatic heterocycles. The summed E-state index contributed by atoms with van der Waals surface area (Å²) in [6.45, 7) is 0. The van der Waals surface area contributed by atoms with E-state index in [0.29, 0.717) is 0 Å². The first-order valence-electron chi connectivity index (χ1n) is 8.77. The van der Waals surface area contributed by atoms with Gasteiger partial charge in [0.1, 0.15) is 5.75 Å². The predicted molar refractivity (Wildman–Crippen MR) is 107 cm³/mol. The number of amides is 1. The summed E-state index contributed by atoms with van der Waals surface area (Å²) in [7, 11) is 3.43. The fraction of sp³-hybridized carbons (Fsp3) is 0.125. The third-order valence-corrected chi connectivity index (χ3v) is 4.99. The molecule has 0 saturated carbocycles. The zero-order valence-corrected chi connectivity index (χ0v) is 15.3. The van der Waals surface area contributed by atoms with Gasteiger partial charge in [0, 0.05) is 23.9 Å². The molecule has 27 heavy (non-hydrogen) atoms. The second-order valence-corrected chi connectivity index (χ2v) is 6.48. The molecule has 1 unspecified atom stereocenters. The number of benzene rings is 3. The van der Waals surface area contributed by atoms with Gasteiger partial charge in [-0.1, -0.05) is 60.4 Å². The Hall–Kier alpha value is -3.51. The summed E-state index contributed by atoms with van der Waals surface area (Å²) in [4.78, 5) is 15.1. The van der Waals surface area contributed by atoms with Crippen LogP contribution in [0.25, 0.3) is 0 Å². The quantitative estimate of drug-likeness (QED) is 0.652. The Morgan fingerprint density at radius 1 is 0.889 bits per heavy atom. The molecule has 3 heteroatoms. The van der Waals surface area contributed by atoms with Crippen molar-refractivity contribution in [2.24, 2.45) is 0 Å². The Bertz CT molecular complexity index is 1040. The summed E-state index contributed by atoms with van der Waals surface area (Å²) in [5.74, 6) is 7.24. The molecular weight excluding hydrogens is 334 g/mol. The molecule has 3 aromatic carbocycles. The summed E-state index contributed by atoms with van der Waals surface area (Å²) in [5, 5.41) is 0. The van der Waals surface area contributed by atoms with Crippen molar-refractivity contribution in [3.63, 3.8) is 0 Å². The lowest BCUT2D eigenvalue weighted by molar-refractivity contribution is -0.120. The molecule has 1 aliphatic heterocycles. The summed E-state index contributed by atoms with van der Waals surface area (Å²) in [6.07, 6.45) is 0. The van der Waals surface area contributed by atoms with E-state index in [-0.39, 0.29) is 5.91 Å². The number of nitrogens with zero attached hydrogens (tertiary/aromatic N) is 1. The van der Waals surface area contributed by atoms with Crippen LogP contribution in [0, 0.1) is 11.8 Å². The van der Waals surface area contributed by atoms with Crippen LogP contribution < -0.4 is 9.64 Å². The van der Waals surface area contributed by atoms with Gasteiger partial charge >= 0.3 is 0 Å². The number of hydrogen-bond donors (Lipinski definition) is 0. The average molecular weight is 353 g/mol. The number of fused-ring (bicyclic) bond motifs is 1. The molecule has 0 spiro atoms. The predicted octanol–water partition coefficient (Wildman–Crippen LogP) is 4.01. The first-order chi connectivity index (χ1) is 13.2. The van der Waals surface area contributed by atoms with Crippen LogP contribution in [0.4, 0.5) is 5.69 Å². The minimum absolute atomic E-state index is 0.0442. The molecule has 1 aliphatic rings. The maximum atomic E-state index is 13.5. The molecule has 1 heterocycles. The van der Waals surface area contributed by atoms with Crippen LogP contribution in [0.5, 0.6) is 5.75 Å². The van der Waals surface area contributed by atoms with Crippen molar-refractivity contribution in [2.75, 3.05) is 19.1 Å². The summed E-state index contributed by atoms with van der Waals surface area (Å²) < 4.78 is 5.28. The van der Waals surface area contributed by atoms with Crippen LogP contribution in [0.2, 0.25) is 0 Å². The van der Waals surface area contributed by atoms with E-state index >= 15 is 0 Å². The highest BCUT2D eigenvalue weighted by molar-refractivity contribution is 6.12. The normalized spacial score (nSPS) is 17.9. The highest BCUT2D eigenvalue weighted by Gasteiger charge is 2.50. The number of hydrogen-bond acceptors (Lipinski definition) is 2. The Kier molecular flexibility index (Phi) is 4.18. The lowest BCUT2D eigenvalue weighted by atomic mass is 9.75. The van der Waals surface area contributed by atoms with Crippen LogP contribution in [-0.4, -0.2) is 20.1 Å². The fourth-order valence-corrected chi connectivity index (χ4v) is 3.56. The van der Waals surface area contributed by atoms with Crippen molar-refractivity contribution in [3.05, 3.63) is 95.6 Å². The molecular formula is C24H19NO2. The first kappa shape index (κ1) is 16.9. The van der Waals surface area contributed by atoms with Crippen molar-refractivity contribution in [3.8, 4) is 17.6 Å². The largest absolute Gasteiger partial charge is 0.497 e. The van der Waals surface area contributed by atoms with Crippen molar-refractivity contribution in [1.82, 2.24) is 0 Å². The van der Waals surface area contributed by atoms with Crippen molar-refractivity contribution < 1.29 is 9.53 Å². The number of carbonyl (C=O) groups is 1. The zero-order chi connectivity index (χ0) is 18.9. The maximum absolute atomic E-state index is 13.5. The van der Waals surface area contributed by atoms with E-state index in [9.17, 15) is 4.79 Å². The van der Waals surface area contributed by atoms with Gasteiger partial charge < -0.3 is 9.64 Å². The van der Waals surface area contributed by atoms with Crippen LogP contribution in [0.1, 0.15) is 16.7 Å². The number of para-hydroxylation sites is 1. The van der Waals surface area contributed by atoms with Gasteiger partial charge in [-0.25, -0.2) is 0 Å². The molecule has 0 N–H and O–H groups in total. The van der Waals surface area contributed by atoms with Gasteiger partial charge in [0.05, 0.1) is 7.11 Å². The molecule has 4 rings (SSSR count). The van der Waals surface area contributed by atoms with E-state index in [4.69, 9.17) is 4.74 Å². The molecule has 0 bridgehead atoms. The standard InChI is InChI=1S/C24H19NO2/c1-25-22-11-7-6-10-21(22)24(23(25)26,17-16-18-8-4-3-5-9-18)19-12-14-20(27-2)15-13-19/h3-15H,1-2H3. The van der Waals surface area contributed by atoms with Gasteiger partial charge in [0.25, 0.3) is 5.91 Å². The molecule has 3 aromatic rings. The van der Waals surface area contributed by atoms with E-state index < -0.39 is 5.41 Å². The van der Waals surface area contributed by atoms with Crippen LogP contribution in [-0.2, 0) is 10.2 Å². The summed E-state index contributed by atoms with van der Waals surface area (Å²) >= 11 is 0. The number of anilines is 1. The minimum Gasteiger partial charge on any atom is -0.497 e. The minimum atomic E-state index is -1.03. The molecule has 3 nitrogen and oxygen atoms in total. The van der Waals surface area contributed by atoms with E-state index in [1.807, 2.05) is 78.9 Å². The number of likely N-dealkylation sites (N-methyl/N-ethyl adjacent to an activating group) is 1. The lowest BCUT2D eigenvalue weighted by Gasteiger charge is -2.23. The highest BCUT2D eigenvalue weighted by atomic mass is 16.5. The van der Waals surface area contributed by atoms with Crippen molar-refractivity contribution in [1.29, 1.82) is 0 Å². The maximum Gasteiger partial charge on any atom is 0.254 e. The fourth-order valence-electron chi connectivity index (χ4n) is 3.56. The van der Waals surface area contributed by atoms with Crippen LogP contribution in [0.3, 0.4) is 0 Å². The Morgan fingerprint density at radius 3 is 2.26 bits per heavy atom. The Balaban J connectivity index is 1.96. The lowest BCUT2D eigenvalue weighted by Crippen LogP contribution is -2.38. The smallest absolute Gasteiger partial charge is 0.254 e.